The molecule has 3 heterocycles. The molecule has 0 fully saturated rings. The van der Waals surface area contributed by atoms with Gasteiger partial charge >= 0.3 is 0 Å². The topological polar surface area (TPSA) is 128 Å². The molecule has 0 atom stereocenters. The Morgan fingerprint density at radius 3 is 2.65 bits per heavy atom. The van der Waals surface area contributed by atoms with Crippen LogP contribution in [0.5, 0.6) is 0 Å². The molecule has 3 N–H and O–H groups in total. The summed E-state index contributed by atoms with van der Waals surface area (Å²) in [5.41, 5.74) is 9.03. The van der Waals surface area contributed by atoms with Gasteiger partial charge in [0.25, 0.3) is 5.91 Å². The van der Waals surface area contributed by atoms with E-state index >= 15 is 0 Å². The van der Waals surface area contributed by atoms with E-state index in [-0.39, 0.29) is 35.6 Å². The second kappa shape index (κ2) is 9.90. The van der Waals surface area contributed by atoms with Crippen molar-refractivity contribution in [2.24, 2.45) is 0 Å². The average Bonchev–Trinajstić information content (AvgIpc) is 3.57. The van der Waals surface area contributed by atoms with Gasteiger partial charge in [-0.15, -0.1) is 0 Å². The van der Waals surface area contributed by atoms with E-state index < -0.39 is 0 Å². The zero-order chi connectivity index (χ0) is 25.9. The normalized spacial score (nSPS) is 10.9. The fourth-order valence-electron chi connectivity index (χ4n) is 3.82. The Bertz CT molecular complexity index is 1560. The summed E-state index contributed by atoms with van der Waals surface area (Å²) in [6.07, 6.45) is 4.38. The van der Waals surface area contributed by atoms with Crippen LogP contribution in [0.2, 0.25) is 0 Å². The number of aromatic nitrogens is 5. The fourth-order valence-corrected chi connectivity index (χ4v) is 3.82. The summed E-state index contributed by atoms with van der Waals surface area (Å²) in [6.45, 7) is 0.138. The van der Waals surface area contributed by atoms with Crippen molar-refractivity contribution in [2.75, 3.05) is 30.0 Å². The highest BCUT2D eigenvalue weighted by molar-refractivity contribution is 6.09. The largest absolute Gasteiger partial charge is 0.443 e. The predicted molar refractivity (Wildman–Crippen MR) is 137 cm³/mol. The third kappa shape index (κ3) is 4.87. The first-order chi connectivity index (χ1) is 17.9. The maximum atomic E-state index is 14.3. The minimum Gasteiger partial charge on any atom is -0.443 e. The van der Waals surface area contributed by atoms with Crippen molar-refractivity contribution in [3.05, 3.63) is 90.2 Å². The van der Waals surface area contributed by atoms with Crippen molar-refractivity contribution in [3.8, 4) is 23.1 Å². The van der Waals surface area contributed by atoms with Gasteiger partial charge in [0.1, 0.15) is 29.2 Å². The van der Waals surface area contributed by atoms with Crippen molar-refractivity contribution >= 4 is 23.1 Å². The van der Waals surface area contributed by atoms with Crippen molar-refractivity contribution in [2.45, 2.75) is 6.54 Å². The molecule has 0 spiro atoms. The van der Waals surface area contributed by atoms with Gasteiger partial charge in [-0.2, -0.15) is 5.10 Å². The third-order valence-electron chi connectivity index (χ3n) is 5.64. The van der Waals surface area contributed by atoms with Crippen molar-refractivity contribution in [3.63, 3.8) is 0 Å². The van der Waals surface area contributed by atoms with E-state index in [1.54, 1.807) is 41.1 Å². The molecule has 3 aromatic heterocycles. The summed E-state index contributed by atoms with van der Waals surface area (Å²) in [7, 11) is 3.71. The zero-order valence-corrected chi connectivity index (χ0v) is 20.1. The van der Waals surface area contributed by atoms with Crippen LogP contribution in [-0.4, -0.2) is 44.7 Å². The molecule has 0 bridgehead atoms. The molecule has 0 unspecified atom stereocenters. The van der Waals surface area contributed by atoms with Gasteiger partial charge in [-0.05, 0) is 18.2 Å². The van der Waals surface area contributed by atoms with Crippen molar-refractivity contribution in [1.82, 2.24) is 24.7 Å². The van der Waals surface area contributed by atoms with Gasteiger partial charge in [0.15, 0.2) is 11.6 Å². The highest BCUT2D eigenvalue weighted by atomic mass is 19.1. The molecule has 0 saturated heterocycles. The van der Waals surface area contributed by atoms with Gasteiger partial charge in [0.2, 0.25) is 5.89 Å². The Hall–Kier alpha value is -5.06. The third-order valence-corrected chi connectivity index (χ3v) is 5.64. The van der Waals surface area contributed by atoms with E-state index in [0.29, 0.717) is 28.4 Å². The summed E-state index contributed by atoms with van der Waals surface area (Å²) in [5, 5.41) is 7.33. The van der Waals surface area contributed by atoms with Crippen LogP contribution in [0.1, 0.15) is 15.9 Å². The van der Waals surface area contributed by atoms with Crippen molar-refractivity contribution in [1.29, 1.82) is 0 Å². The number of nitrogens with zero attached hydrogens (tertiary/aromatic N) is 6. The lowest BCUT2D eigenvalue weighted by atomic mass is 10.1. The number of nitrogens with one attached hydrogen (secondary N) is 1. The van der Waals surface area contributed by atoms with E-state index in [0.717, 1.165) is 5.69 Å². The molecule has 0 aliphatic heterocycles. The Labute approximate surface area is 211 Å². The molecule has 5 rings (SSSR count). The number of oxazole rings is 1. The maximum absolute atomic E-state index is 14.3. The monoisotopic (exact) mass is 498 g/mol. The number of hydrogen-bond acceptors (Lipinski definition) is 8. The number of nitrogen functional groups attached to an aromatic ring is 1. The number of carbonyl (C=O) groups excluding carboxylic acids is 1. The maximum Gasteiger partial charge on any atom is 0.257 e. The lowest BCUT2D eigenvalue weighted by molar-refractivity contribution is 0.102. The minimum atomic E-state index is -0.352. The van der Waals surface area contributed by atoms with Gasteiger partial charge in [-0.3, -0.25) is 9.48 Å². The molecule has 10 nitrogen and oxygen atoms in total. The van der Waals surface area contributed by atoms with Gasteiger partial charge in [-0.25, -0.2) is 19.3 Å². The highest BCUT2D eigenvalue weighted by Crippen LogP contribution is 2.27. The van der Waals surface area contributed by atoms with E-state index in [1.165, 1.54) is 24.7 Å². The number of halogens is 1. The van der Waals surface area contributed by atoms with Crippen LogP contribution in [0.15, 0.2) is 77.7 Å². The molecule has 5 aromatic rings. The van der Waals surface area contributed by atoms with Crippen LogP contribution >= 0.6 is 0 Å². The Kier molecular flexibility index (Phi) is 6.33. The summed E-state index contributed by atoms with van der Waals surface area (Å²) < 4.78 is 21.3. The quantitative estimate of drug-likeness (QED) is 0.344. The smallest absolute Gasteiger partial charge is 0.257 e. The molecule has 0 radical (unpaired) electrons. The summed E-state index contributed by atoms with van der Waals surface area (Å²) in [4.78, 5) is 27.7. The van der Waals surface area contributed by atoms with Crippen LogP contribution in [0.25, 0.3) is 23.1 Å². The first kappa shape index (κ1) is 23.7. The van der Waals surface area contributed by atoms with Crippen molar-refractivity contribution < 1.29 is 13.6 Å². The number of carbonyl (C=O) groups is 1. The number of hydrogen-bond donors (Lipinski definition) is 2. The fraction of sp³-hybridized carbons (Fsp3) is 0.115. The molecule has 2 aromatic carbocycles. The number of anilines is 3. The molecule has 186 valence electrons. The summed E-state index contributed by atoms with van der Waals surface area (Å²) in [6, 6.07) is 15.3. The van der Waals surface area contributed by atoms with Crippen LogP contribution in [0, 0.1) is 5.82 Å². The first-order valence-electron chi connectivity index (χ1n) is 11.3. The van der Waals surface area contributed by atoms with Crippen LogP contribution < -0.4 is 16.0 Å². The number of amides is 1. The first-order valence-corrected chi connectivity index (χ1v) is 11.3. The van der Waals surface area contributed by atoms with Crippen LogP contribution in [0.3, 0.4) is 0 Å². The standard InChI is InChI=1S/C26H23FN8O2/c1-34(2)21-10-6-4-8-17(21)25(36)31-20-14-30-24(32-23(20)28)19-13-22(26-29-11-12-37-26)35(33-19)15-16-7-3-5-9-18(16)27/h3-14H,15H2,1-2H3,(H,31,36)(H2,28,30,32). The summed E-state index contributed by atoms with van der Waals surface area (Å²) >= 11 is 0. The van der Waals surface area contributed by atoms with E-state index in [1.807, 2.05) is 31.1 Å². The van der Waals surface area contributed by atoms with E-state index in [9.17, 15) is 9.18 Å². The molecular weight excluding hydrogens is 475 g/mol. The number of rotatable bonds is 7. The number of para-hydroxylation sites is 1. The lowest BCUT2D eigenvalue weighted by Gasteiger charge is -2.17. The number of nitrogens with two attached hydrogens (primary N) is 1. The summed E-state index contributed by atoms with van der Waals surface area (Å²) in [5.74, 6) is -0.0835. The van der Waals surface area contributed by atoms with Gasteiger partial charge in [0.05, 0.1) is 24.5 Å². The predicted octanol–water partition coefficient (Wildman–Crippen LogP) is 4.08. The molecular formula is C26H23FN8O2. The Morgan fingerprint density at radius 1 is 1.14 bits per heavy atom. The molecule has 37 heavy (non-hydrogen) atoms. The molecule has 0 aliphatic rings. The van der Waals surface area contributed by atoms with E-state index in [2.05, 4.69) is 25.4 Å². The van der Waals surface area contributed by atoms with E-state index in [4.69, 9.17) is 10.2 Å². The van der Waals surface area contributed by atoms with Crippen LogP contribution in [-0.2, 0) is 6.54 Å². The van der Waals surface area contributed by atoms with Crippen LogP contribution in [0.4, 0.5) is 21.6 Å². The number of benzene rings is 2. The average molecular weight is 499 g/mol. The second-order valence-electron chi connectivity index (χ2n) is 8.36. The molecule has 1 amide bonds. The minimum absolute atomic E-state index is 0.0713. The molecule has 0 saturated carbocycles. The second-order valence-corrected chi connectivity index (χ2v) is 8.36. The Balaban J connectivity index is 1.45. The molecule has 0 aliphatic carbocycles. The van der Waals surface area contributed by atoms with Gasteiger partial charge < -0.3 is 20.4 Å². The van der Waals surface area contributed by atoms with Gasteiger partial charge in [-0.1, -0.05) is 30.3 Å². The Morgan fingerprint density at radius 2 is 1.92 bits per heavy atom. The SMILES string of the molecule is CN(C)c1ccccc1C(=O)Nc1cnc(-c2cc(-c3ncco3)n(Cc3ccccc3F)n2)nc1N. The highest BCUT2D eigenvalue weighted by Gasteiger charge is 2.19. The molecule has 11 heteroatoms. The van der Waals surface area contributed by atoms with Gasteiger partial charge in [0, 0.05) is 31.4 Å². The lowest BCUT2D eigenvalue weighted by Crippen LogP contribution is -2.19. The zero-order valence-electron chi connectivity index (χ0n) is 20.1.